The third-order valence-electron chi connectivity index (χ3n) is 3.27. The fourth-order valence-corrected chi connectivity index (χ4v) is 2.83. The molecule has 1 amide bonds. The molecular weight excluding hydrogens is 399 g/mol. The minimum absolute atomic E-state index is 0.0180. The number of nitro groups is 1. The Balaban J connectivity index is 1.64. The number of para-hydroxylation sites is 1. The summed E-state index contributed by atoms with van der Waals surface area (Å²) < 4.78 is 18.5. The second-order valence-electron chi connectivity index (χ2n) is 5.11. The number of hydrogen-bond donors (Lipinski definition) is 1. The van der Waals surface area contributed by atoms with Crippen LogP contribution in [-0.2, 0) is 4.79 Å². The quantitative estimate of drug-likeness (QED) is 0.370. The normalized spacial score (nSPS) is 10.6. The topological polar surface area (TPSA) is 111 Å². The van der Waals surface area contributed by atoms with Gasteiger partial charge in [0, 0.05) is 11.8 Å². The van der Waals surface area contributed by atoms with Gasteiger partial charge in [0.25, 0.3) is 16.8 Å². The molecule has 0 atom stereocenters. The minimum Gasteiger partial charge on any atom is -0.411 e. The van der Waals surface area contributed by atoms with Crippen molar-refractivity contribution in [2.45, 2.75) is 5.22 Å². The van der Waals surface area contributed by atoms with Gasteiger partial charge >= 0.3 is 0 Å². The molecule has 0 aliphatic carbocycles. The van der Waals surface area contributed by atoms with E-state index in [-0.39, 0.29) is 33.1 Å². The van der Waals surface area contributed by atoms with Crippen molar-refractivity contribution in [3.8, 4) is 11.5 Å². The average molecular weight is 409 g/mol. The lowest BCUT2D eigenvalue weighted by Crippen LogP contribution is -2.14. The molecular formula is C16H10ClFN4O4S. The number of nitrogens with one attached hydrogen (secondary N) is 1. The van der Waals surface area contributed by atoms with Gasteiger partial charge in [-0.25, -0.2) is 4.39 Å². The highest BCUT2D eigenvalue weighted by Gasteiger charge is 2.20. The lowest BCUT2D eigenvalue weighted by Gasteiger charge is -2.04. The molecule has 1 aromatic heterocycles. The molecule has 0 radical (unpaired) electrons. The van der Waals surface area contributed by atoms with Crippen LogP contribution in [0, 0.1) is 15.9 Å². The summed E-state index contributed by atoms with van der Waals surface area (Å²) >= 11 is 6.61. The standard InChI is InChI=1S/C16H10ClFN4O4S/c17-11-7-9(5-6-12(11)18)19-14(23)8-27-16-21-20-15(26-16)10-3-1-2-4-13(10)22(24)25/h1-7H,8H2,(H,19,23). The molecule has 0 aliphatic rings. The van der Waals surface area contributed by atoms with Crippen LogP contribution >= 0.6 is 23.4 Å². The maximum Gasteiger partial charge on any atom is 0.282 e. The summed E-state index contributed by atoms with van der Waals surface area (Å²) in [5.41, 5.74) is 0.369. The summed E-state index contributed by atoms with van der Waals surface area (Å²) in [5.74, 6) is -1.06. The summed E-state index contributed by atoms with van der Waals surface area (Å²) in [7, 11) is 0. The van der Waals surface area contributed by atoms with E-state index in [2.05, 4.69) is 15.5 Å². The molecule has 0 aliphatic heterocycles. The van der Waals surface area contributed by atoms with Crippen molar-refractivity contribution in [2.24, 2.45) is 0 Å². The second kappa shape index (κ2) is 8.14. The first-order valence-electron chi connectivity index (χ1n) is 7.39. The Morgan fingerprint density at radius 3 is 2.81 bits per heavy atom. The van der Waals surface area contributed by atoms with Crippen LogP contribution in [0.15, 0.2) is 52.1 Å². The summed E-state index contributed by atoms with van der Waals surface area (Å²) in [4.78, 5) is 22.5. The van der Waals surface area contributed by atoms with E-state index in [1.807, 2.05) is 0 Å². The monoisotopic (exact) mass is 408 g/mol. The molecule has 0 saturated heterocycles. The van der Waals surface area contributed by atoms with E-state index in [4.69, 9.17) is 16.0 Å². The summed E-state index contributed by atoms with van der Waals surface area (Å²) in [6.07, 6.45) is 0. The summed E-state index contributed by atoms with van der Waals surface area (Å²) in [6, 6.07) is 9.77. The van der Waals surface area contributed by atoms with Crippen molar-refractivity contribution in [3.63, 3.8) is 0 Å². The molecule has 0 bridgehead atoms. The fraction of sp³-hybridized carbons (Fsp3) is 0.0625. The molecule has 1 heterocycles. The number of carbonyl (C=O) groups is 1. The summed E-state index contributed by atoms with van der Waals surface area (Å²) in [5, 5.41) is 21.1. The van der Waals surface area contributed by atoms with Gasteiger partial charge in [-0.1, -0.05) is 35.5 Å². The predicted molar refractivity (Wildman–Crippen MR) is 97.2 cm³/mol. The number of amides is 1. The summed E-state index contributed by atoms with van der Waals surface area (Å²) in [6.45, 7) is 0. The Bertz CT molecular complexity index is 1010. The van der Waals surface area contributed by atoms with E-state index in [0.717, 1.165) is 17.8 Å². The molecule has 0 fully saturated rings. The highest BCUT2D eigenvalue weighted by molar-refractivity contribution is 7.99. The SMILES string of the molecule is O=C(CSc1nnc(-c2ccccc2[N+](=O)[O-])o1)Nc1ccc(F)c(Cl)c1. The van der Waals surface area contributed by atoms with Gasteiger partial charge in [0.05, 0.1) is 15.7 Å². The number of nitro benzene ring substituents is 1. The lowest BCUT2D eigenvalue weighted by atomic mass is 10.2. The Hall–Kier alpha value is -2.98. The number of anilines is 1. The Morgan fingerprint density at radius 2 is 2.07 bits per heavy atom. The van der Waals surface area contributed by atoms with Crippen molar-refractivity contribution in [1.29, 1.82) is 0 Å². The molecule has 2 aromatic carbocycles. The van der Waals surface area contributed by atoms with Crippen molar-refractivity contribution >= 4 is 40.6 Å². The number of nitrogens with zero attached hydrogens (tertiary/aromatic N) is 3. The first-order valence-corrected chi connectivity index (χ1v) is 8.75. The number of carbonyl (C=O) groups excluding carboxylic acids is 1. The van der Waals surface area contributed by atoms with Crippen LogP contribution in [0.25, 0.3) is 11.5 Å². The Kier molecular flexibility index (Phi) is 5.67. The molecule has 0 spiro atoms. The van der Waals surface area contributed by atoms with Crippen LogP contribution in [0.2, 0.25) is 5.02 Å². The van der Waals surface area contributed by atoms with Gasteiger partial charge < -0.3 is 9.73 Å². The largest absolute Gasteiger partial charge is 0.411 e. The average Bonchev–Trinajstić information content (AvgIpc) is 3.12. The highest BCUT2D eigenvalue weighted by atomic mass is 35.5. The van der Waals surface area contributed by atoms with Gasteiger partial charge in [0.2, 0.25) is 5.91 Å². The lowest BCUT2D eigenvalue weighted by molar-refractivity contribution is -0.384. The van der Waals surface area contributed by atoms with Gasteiger partial charge in [0.1, 0.15) is 11.4 Å². The van der Waals surface area contributed by atoms with Crippen molar-refractivity contribution < 1.29 is 18.5 Å². The first-order chi connectivity index (χ1) is 12.9. The maximum absolute atomic E-state index is 13.1. The van der Waals surface area contributed by atoms with Gasteiger partial charge in [0.15, 0.2) is 0 Å². The zero-order chi connectivity index (χ0) is 19.4. The molecule has 1 N–H and O–H groups in total. The van der Waals surface area contributed by atoms with E-state index < -0.39 is 16.6 Å². The number of hydrogen-bond acceptors (Lipinski definition) is 7. The molecule has 0 saturated carbocycles. The van der Waals surface area contributed by atoms with Crippen LogP contribution < -0.4 is 5.32 Å². The Labute approximate surface area is 160 Å². The van der Waals surface area contributed by atoms with Crippen LogP contribution in [0.4, 0.5) is 15.8 Å². The number of benzene rings is 2. The molecule has 138 valence electrons. The van der Waals surface area contributed by atoms with Gasteiger partial charge in [-0.3, -0.25) is 14.9 Å². The predicted octanol–water partition coefficient (Wildman–Crippen LogP) is 4.17. The van der Waals surface area contributed by atoms with Gasteiger partial charge in [-0.15, -0.1) is 10.2 Å². The highest BCUT2D eigenvalue weighted by Crippen LogP contribution is 2.30. The second-order valence-corrected chi connectivity index (χ2v) is 6.45. The van der Waals surface area contributed by atoms with E-state index in [9.17, 15) is 19.3 Å². The fourth-order valence-electron chi connectivity index (χ4n) is 2.09. The molecule has 3 aromatic rings. The van der Waals surface area contributed by atoms with Crippen molar-refractivity contribution in [3.05, 3.63) is 63.4 Å². The number of thioether (sulfide) groups is 1. The van der Waals surface area contributed by atoms with E-state index in [0.29, 0.717) is 5.69 Å². The van der Waals surface area contributed by atoms with Crippen LogP contribution in [0.3, 0.4) is 0 Å². The molecule has 3 rings (SSSR count). The molecule has 11 heteroatoms. The van der Waals surface area contributed by atoms with Crippen molar-refractivity contribution in [1.82, 2.24) is 10.2 Å². The third-order valence-corrected chi connectivity index (χ3v) is 4.38. The number of halogens is 2. The van der Waals surface area contributed by atoms with E-state index in [1.54, 1.807) is 6.07 Å². The van der Waals surface area contributed by atoms with E-state index in [1.165, 1.54) is 30.3 Å². The van der Waals surface area contributed by atoms with E-state index >= 15 is 0 Å². The number of rotatable bonds is 6. The zero-order valence-corrected chi connectivity index (χ0v) is 15.0. The minimum atomic E-state index is -0.586. The zero-order valence-electron chi connectivity index (χ0n) is 13.4. The molecule has 27 heavy (non-hydrogen) atoms. The maximum atomic E-state index is 13.1. The van der Waals surface area contributed by atoms with Crippen LogP contribution in [0.5, 0.6) is 0 Å². The smallest absolute Gasteiger partial charge is 0.282 e. The number of aromatic nitrogens is 2. The molecule has 0 unspecified atom stereocenters. The van der Waals surface area contributed by atoms with Crippen molar-refractivity contribution in [2.75, 3.05) is 11.1 Å². The van der Waals surface area contributed by atoms with Crippen LogP contribution in [-0.4, -0.2) is 26.8 Å². The van der Waals surface area contributed by atoms with Crippen LogP contribution in [0.1, 0.15) is 0 Å². The Morgan fingerprint density at radius 1 is 1.30 bits per heavy atom. The van der Waals surface area contributed by atoms with Gasteiger partial charge in [-0.05, 0) is 24.3 Å². The molecule has 8 nitrogen and oxygen atoms in total. The first kappa shape index (κ1) is 18.8. The third kappa shape index (κ3) is 4.60. The van der Waals surface area contributed by atoms with Gasteiger partial charge in [-0.2, -0.15) is 0 Å².